The maximum absolute atomic E-state index is 13.0. The lowest BCUT2D eigenvalue weighted by Gasteiger charge is -2.32. The third-order valence-corrected chi connectivity index (χ3v) is 5.02. The number of amides is 1. The van der Waals surface area contributed by atoms with Crippen LogP contribution < -0.4 is 5.32 Å². The Hall–Kier alpha value is -3.06. The summed E-state index contributed by atoms with van der Waals surface area (Å²) in [6.45, 7) is 2.01. The van der Waals surface area contributed by atoms with Gasteiger partial charge in [-0.3, -0.25) is 19.8 Å². The molecular formula is C21H22FN5O. The summed E-state index contributed by atoms with van der Waals surface area (Å²) in [5.74, 6) is -0.0964. The van der Waals surface area contributed by atoms with Crippen LogP contribution in [0.2, 0.25) is 0 Å². The molecule has 1 amide bonds. The van der Waals surface area contributed by atoms with Gasteiger partial charge in [-0.25, -0.2) is 4.39 Å². The van der Waals surface area contributed by atoms with Gasteiger partial charge in [0, 0.05) is 41.8 Å². The second-order valence-electron chi connectivity index (χ2n) is 7.07. The number of rotatable bonds is 5. The van der Waals surface area contributed by atoms with Gasteiger partial charge in [0.15, 0.2) is 0 Å². The second-order valence-corrected chi connectivity index (χ2v) is 7.07. The van der Waals surface area contributed by atoms with Gasteiger partial charge < -0.3 is 5.32 Å². The van der Waals surface area contributed by atoms with Crippen LogP contribution in [-0.2, 0) is 4.79 Å². The van der Waals surface area contributed by atoms with Gasteiger partial charge in [0.05, 0.1) is 12.2 Å². The van der Waals surface area contributed by atoms with Crippen molar-refractivity contribution in [1.82, 2.24) is 20.1 Å². The van der Waals surface area contributed by atoms with E-state index in [9.17, 15) is 9.18 Å². The van der Waals surface area contributed by atoms with E-state index in [0.717, 1.165) is 42.9 Å². The summed E-state index contributed by atoms with van der Waals surface area (Å²) >= 11 is 0. The Kier molecular flexibility index (Phi) is 5.43. The third kappa shape index (κ3) is 4.43. The topological polar surface area (TPSA) is 73.9 Å². The lowest BCUT2D eigenvalue weighted by Crippen LogP contribution is -2.40. The number of anilines is 1. The Morgan fingerprint density at radius 3 is 2.79 bits per heavy atom. The number of nitrogens with one attached hydrogen (secondary N) is 2. The van der Waals surface area contributed by atoms with Gasteiger partial charge in [0.25, 0.3) is 0 Å². The average Bonchev–Trinajstić information content (AvgIpc) is 3.25. The van der Waals surface area contributed by atoms with Gasteiger partial charge in [-0.1, -0.05) is 0 Å². The summed E-state index contributed by atoms with van der Waals surface area (Å²) in [5, 5.41) is 9.73. The Balaban J connectivity index is 1.35. The molecule has 2 aromatic heterocycles. The molecule has 1 atom stereocenters. The minimum absolute atomic E-state index is 0.0881. The molecular weight excluding hydrogens is 357 g/mol. The summed E-state index contributed by atoms with van der Waals surface area (Å²) in [4.78, 5) is 19.1. The lowest BCUT2D eigenvalue weighted by molar-refractivity contribution is -0.117. The molecule has 3 heterocycles. The zero-order valence-electron chi connectivity index (χ0n) is 15.4. The molecule has 1 aliphatic rings. The molecule has 0 radical (unpaired) electrons. The molecule has 6 nitrogen and oxygen atoms in total. The number of carbonyl (C=O) groups excluding carboxylic acids is 1. The SMILES string of the molecule is O=C(CN1CCC[C@@H](c2ccc(-c3ccn[nH]3)cn2)C1)Nc1ccc(F)cc1. The highest BCUT2D eigenvalue weighted by molar-refractivity contribution is 5.92. The van der Waals surface area contributed by atoms with E-state index in [1.165, 1.54) is 12.1 Å². The predicted molar refractivity (Wildman–Crippen MR) is 105 cm³/mol. The Labute approximate surface area is 162 Å². The number of nitrogens with zero attached hydrogens (tertiary/aromatic N) is 3. The minimum Gasteiger partial charge on any atom is -0.325 e. The zero-order chi connectivity index (χ0) is 19.3. The number of hydrogen-bond acceptors (Lipinski definition) is 4. The number of halogens is 1. The highest BCUT2D eigenvalue weighted by Crippen LogP contribution is 2.26. The van der Waals surface area contributed by atoms with Crippen LogP contribution in [0.3, 0.4) is 0 Å². The number of piperidine rings is 1. The van der Waals surface area contributed by atoms with Crippen molar-refractivity contribution < 1.29 is 9.18 Å². The number of hydrogen-bond donors (Lipinski definition) is 2. The van der Waals surface area contributed by atoms with Crippen LogP contribution in [0.1, 0.15) is 24.5 Å². The molecule has 1 aliphatic heterocycles. The van der Waals surface area contributed by atoms with Crippen LogP contribution in [-0.4, -0.2) is 45.6 Å². The van der Waals surface area contributed by atoms with E-state index in [2.05, 4.69) is 37.5 Å². The molecule has 0 unspecified atom stereocenters. The predicted octanol–water partition coefficient (Wildman–Crippen LogP) is 3.43. The number of pyridine rings is 1. The molecule has 0 saturated carbocycles. The summed E-state index contributed by atoms with van der Waals surface area (Å²) < 4.78 is 13.0. The number of carbonyl (C=O) groups is 1. The van der Waals surface area contributed by atoms with Crippen molar-refractivity contribution in [2.45, 2.75) is 18.8 Å². The Bertz CT molecular complexity index is 909. The van der Waals surface area contributed by atoms with Gasteiger partial charge in [-0.15, -0.1) is 0 Å². The molecule has 0 bridgehead atoms. The van der Waals surface area contributed by atoms with E-state index in [1.807, 2.05) is 12.3 Å². The van der Waals surface area contributed by atoms with Crippen LogP contribution in [0.5, 0.6) is 0 Å². The first-order valence-electron chi connectivity index (χ1n) is 9.41. The number of aromatic nitrogens is 3. The van der Waals surface area contributed by atoms with E-state index in [4.69, 9.17) is 0 Å². The fourth-order valence-electron chi connectivity index (χ4n) is 3.60. The monoisotopic (exact) mass is 379 g/mol. The molecule has 1 aromatic carbocycles. The van der Waals surface area contributed by atoms with E-state index in [0.29, 0.717) is 18.2 Å². The van der Waals surface area contributed by atoms with Crippen LogP contribution >= 0.6 is 0 Å². The summed E-state index contributed by atoms with van der Waals surface area (Å²) in [6, 6.07) is 11.8. The molecule has 1 saturated heterocycles. The maximum atomic E-state index is 13.0. The van der Waals surface area contributed by atoms with Crippen LogP contribution in [0.4, 0.5) is 10.1 Å². The van der Waals surface area contributed by atoms with E-state index in [-0.39, 0.29) is 11.7 Å². The molecule has 144 valence electrons. The van der Waals surface area contributed by atoms with Crippen LogP contribution in [0.25, 0.3) is 11.3 Å². The zero-order valence-corrected chi connectivity index (χ0v) is 15.4. The van der Waals surface area contributed by atoms with Gasteiger partial charge in [0.1, 0.15) is 5.82 Å². The maximum Gasteiger partial charge on any atom is 0.238 e. The van der Waals surface area contributed by atoms with E-state index >= 15 is 0 Å². The standard InChI is InChI=1S/C21H22FN5O/c22-17-4-6-18(7-5-17)25-21(28)14-27-11-1-2-16(13-27)19-8-3-15(12-23-19)20-9-10-24-26-20/h3-10,12,16H,1-2,11,13-14H2,(H,24,26)(H,25,28)/t16-/m1/s1. The van der Waals surface area contributed by atoms with Gasteiger partial charge in [-0.2, -0.15) is 5.10 Å². The van der Waals surface area contributed by atoms with Crippen LogP contribution in [0.15, 0.2) is 54.9 Å². The second kappa shape index (κ2) is 8.31. The van der Waals surface area contributed by atoms with E-state index < -0.39 is 0 Å². The first-order chi connectivity index (χ1) is 13.7. The quantitative estimate of drug-likeness (QED) is 0.712. The molecule has 3 aromatic rings. The highest BCUT2D eigenvalue weighted by atomic mass is 19.1. The first-order valence-corrected chi connectivity index (χ1v) is 9.41. The molecule has 1 fully saturated rings. The lowest BCUT2D eigenvalue weighted by atomic mass is 9.94. The number of aromatic amines is 1. The van der Waals surface area contributed by atoms with Crippen molar-refractivity contribution in [1.29, 1.82) is 0 Å². The smallest absolute Gasteiger partial charge is 0.238 e. The van der Waals surface area contributed by atoms with Crippen molar-refractivity contribution in [3.63, 3.8) is 0 Å². The highest BCUT2D eigenvalue weighted by Gasteiger charge is 2.23. The van der Waals surface area contributed by atoms with Crippen molar-refractivity contribution >= 4 is 11.6 Å². The number of likely N-dealkylation sites (tertiary alicyclic amines) is 1. The summed E-state index contributed by atoms with van der Waals surface area (Å²) in [6.07, 6.45) is 5.67. The molecule has 7 heteroatoms. The van der Waals surface area contributed by atoms with Crippen molar-refractivity contribution in [2.24, 2.45) is 0 Å². The Morgan fingerprint density at radius 2 is 2.07 bits per heavy atom. The van der Waals surface area contributed by atoms with Gasteiger partial charge >= 0.3 is 0 Å². The molecule has 0 aliphatic carbocycles. The average molecular weight is 379 g/mol. The summed E-state index contributed by atoms with van der Waals surface area (Å²) in [5.41, 5.74) is 3.61. The number of H-pyrrole nitrogens is 1. The van der Waals surface area contributed by atoms with Crippen molar-refractivity contribution in [3.8, 4) is 11.3 Å². The number of benzene rings is 1. The van der Waals surface area contributed by atoms with Crippen LogP contribution in [0, 0.1) is 5.82 Å². The fraction of sp³-hybridized carbons (Fsp3) is 0.286. The first kappa shape index (κ1) is 18.3. The largest absolute Gasteiger partial charge is 0.325 e. The third-order valence-electron chi connectivity index (χ3n) is 5.02. The van der Waals surface area contributed by atoms with Gasteiger partial charge in [-0.05, 0) is 61.9 Å². The molecule has 28 heavy (non-hydrogen) atoms. The van der Waals surface area contributed by atoms with Crippen molar-refractivity contribution in [2.75, 3.05) is 25.0 Å². The molecule has 4 rings (SSSR count). The fourth-order valence-corrected chi connectivity index (χ4v) is 3.60. The van der Waals surface area contributed by atoms with Gasteiger partial charge in [0.2, 0.25) is 5.91 Å². The molecule has 0 spiro atoms. The van der Waals surface area contributed by atoms with Crippen molar-refractivity contribution in [3.05, 3.63) is 66.4 Å². The van der Waals surface area contributed by atoms with E-state index in [1.54, 1.807) is 18.3 Å². The minimum atomic E-state index is -0.317. The normalized spacial score (nSPS) is 17.4. The summed E-state index contributed by atoms with van der Waals surface area (Å²) in [7, 11) is 0. The molecule has 2 N–H and O–H groups in total. The Morgan fingerprint density at radius 1 is 1.21 bits per heavy atom.